The number of carbonyl (C=O) groups excluding carboxylic acids is 2. The molecule has 0 N–H and O–H groups in total. The van der Waals surface area contributed by atoms with E-state index in [2.05, 4.69) is 4.99 Å². The van der Waals surface area contributed by atoms with Gasteiger partial charge in [0.2, 0.25) is 5.91 Å². The van der Waals surface area contributed by atoms with Crippen molar-refractivity contribution in [1.29, 1.82) is 0 Å². The fraction of sp³-hybridized carbons (Fsp3) is 0.250. The van der Waals surface area contributed by atoms with Crippen molar-refractivity contribution in [3.05, 3.63) is 33.5 Å². The number of hydrogen-bond acceptors (Lipinski definition) is 3. The van der Waals surface area contributed by atoms with Crippen LogP contribution < -0.4 is 0 Å². The van der Waals surface area contributed by atoms with Gasteiger partial charge in [-0.1, -0.05) is 17.7 Å². The van der Waals surface area contributed by atoms with E-state index < -0.39 is 5.92 Å². The molecule has 2 amide bonds. The molecule has 18 heavy (non-hydrogen) atoms. The number of hydrogen-bond donors (Lipinski definition) is 0. The molecule has 1 atom stereocenters. The minimum Gasteiger partial charge on any atom is -0.340 e. The lowest BCUT2D eigenvalue weighted by Gasteiger charge is -2.19. The second-order valence-corrected chi connectivity index (χ2v) is 5.70. The molecular formula is C12H11ClN2O2S. The predicted octanol–water partition coefficient (Wildman–Crippen LogP) is 2.14. The summed E-state index contributed by atoms with van der Waals surface area (Å²) in [6.07, 6.45) is 4.26. The Bertz CT molecular complexity index is 520. The van der Waals surface area contributed by atoms with E-state index in [0.29, 0.717) is 10.9 Å². The molecule has 0 saturated heterocycles. The molecule has 1 aromatic heterocycles. The van der Waals surface area contributed by atoms with E-state index in [9.17, 15) is 9.59 Å². The number of carbonyl (C=O) groups is 2. The normalized spacial score (nSPS) is 18.1. The van der Waals surface area contributed by atoms with Gasteiger partial charge >= 0.3 is 0 Å². The predicted molar refractivity (Wildman–Crippen MR) is 71.9 cm³/mol. The molecule has 0 aliphatic carbocycles. The zero-order valence-corrected chi connectivity index (χ0v) is 11.2. The van der Waals surface area contributed by atoms with Crippen molar-refractivity contribution in [1.82, 2.24) is 4.90 Å². The van der Waals surface area contributed by atoms with Crippen LogP contribution in [0.3, 0.4) is 0 Å². The standard InChI is InChI=1S/C12H11ClN2O2S/c1-15(7-9-3-4-10(13)18-9)12(17)8-2-5-11(16)14-6-8/h2-6,8H,7H2,1H3. The fourth-order valence-electron chi connectivity index (χ4n) is 1.58. The average molecular weight is 283 g/mol. The maximum absolute atomic E-state index is 12.1. The minimum atomic E-state index is -0.455. The Morgan fingerprint density at radius 1 is 1.56 bits per heavy atom. The van der Waals surface area contributed by atoms with E-state index in [-0.39, 0.29) is 11.8 Å². The Hall–Kier alpha value is -1.46. The van der Waals surface area contributed by atoms with Gasteiger partial charge in [-0.15, -0.1) is 11.3 Å². The van der Waals surface area contributed by atoms with Gasteiger partial charge < -0.3 is 4.90 Å². The number of nitrogens with zero attached hydrogens (tertiary/aromatic N) is 2. The molecule has 0 radical (unpaired) electrons. The third-order valence-corrected chi connectivity index (χ3v) is 3.71. The summed E-state index contributed by atoms with van der Waals surface area (Å²) < 4.78 is 0.704. The van der Waals surface area contributed by atoms with Gasteiger partial charge in [-0.2, -0.15) is 0 Å². The molecule has 1 unspecified atom stereocenters. The second-order valence-electron chi connectivity index (χ2n) is 3.90. The van der Waals surface area contributed by atoms with Crippen molar-refractivity contribution in [2.75, 3.05) is 7.05 Å². The zero-order chi connectivity index (χ0) is 13.1. The van der Waals surface area contributed by atoms with E-state index in [0.717, 1.165) is 4.88 Å². The van der Waals surface area contributed by atoms with Gasteiger partial charge in [-0.3, -0.25) is 9.59 Å². The first-order chi connectivity index (χ1) is 8.56. The first-order valence-electron chi connectivity index (χ1n) is 5.32. The quantitative estimate of drug-likeness (QED) is 0.853. The van der Waals surface area contributed by atoms with Gasteiger partial charge in [0, 0.05) is 24.2 Å². The summed E-state index contributed by atoms with van der Waals surface area (Å²) in [7, 11) is 1.72. The molecule has 1 aliphatic heterocycles. The molecule has 1 aliphatic rings. The van der Waals surface area contributed by atoms with E-state index >= 15 is 0 Å². The molecule has 2 rings (SSSR count). The van der Waals surface area contributed by atoms with E-state index in [4.69, 9.17) is 11.6 Å². The summed E-state index contributed by atoms with van der Waals surface area (Å²) in [6, 6.07) is 3.70. The lowest BCUT2D eigenvalue weighted by Crippen LogP contribution is -2.33. The lowest BCUT2D eigenvalue weighted by atomic mass is 10.1. The van der Waals surface area contributed by atoms with E-state index in [1.807, 2.05) is 6.07 Å². The third-order valence-electron chi connectivity index (χ3n) is 2.49. The minimum absolute atomic E-state index is 0.0907. The van der Waals surface area contributed by atoms with Crippen LogP contribution in [0.25, 0.3) is 0 Å². The topological polar surface area (TPSA) is 49.7 Å². The number of amides is 2. The summed E-state index contributed by atoms with van der Waals surface area (Å²) in [6.45, 7) is 0.502. The van der Waals surface area contributed by atoms with Crippen LogP contribution in [-0.2, 0) is 16.1 Å². The molecule has 0 saturated carbocycles. The molecule has 6 heteroatoms. The van der Waals surface area contributed by atoms with Gasteiger partial charge in [0.1, 0.15) is 0 Å². The fourth-order valence-corrected chi connectivity index (χ4v) is 2.72. The van der Waals surface area contributed by atoms with Crippen LogP contribution in [0.1, 0.15) is 4.88 Å². The van der Waals surface area contributed by atoms with Crippen molar-refractivity contribution in [2.24, 2.45) is 10.9 Å². The summed E-state index contributed by atoms with van der Waals surface area (Å²) in [5.74, 6) is -0.873. The number of aliphatic imine (C=N–C) groups is 1. The van der Waals surface area contributed by atoms with Crippen LogP contribution in [0.15, 0.2) is 29.3 Å². The van der Waals surface area contributed by atoms with Crippen molar-refractivity contribution in [2.45, 2.75) is 6.54 Å². The third kappa shape index (κ3) is 3.05. The zero-order valence-electron chi connectivity index (χ0n) is 9.67. The van der Waals surface area contributed by atoms with Crippen LogP contribution in [0.2, 0.25) is 4.34 Å². The van der Waals surface area contributed by atoms with Crippen LogP contribution in [0.4, 0.5) is 0 Å². The van der Waals surface area contributed by atoms with Crippen LogP contribution in [0.5, 0.6) is 0 Å². The number of dihydropyridines is 1. The first kappa shape index (κ1) is 13.0. The Labute approximate surface area is 114 Å². The second kappa shape index (κ2) is 5.46. The molecule has 2 heterocycles. The summed E-state index contributed by atoms with van der Waals surface area (Å²) in [4.78, 5) is 29.2. The van der Waals surface area contributed by atoms with Gasteiger partial charge in [-0.05, 0) is 12.1 Å². The number of thiophene rings is 1. The Balaban J connectivity index is 1.99. The van der Waals surface area contributed by atoms with Gasteiger partial charge in [-0.25, -0.2) is 4.99 Å². The van der Waals surface area contributed by atoms with Crippen LogP contribution in [-0.4, -0.2) is 30.0 Å². The average Bonchev–Trinajstić information content (AvgIpc) is 2.75. The van der Waals surface area contributed by atoms with Crippen LogP contribution >= 0.6 is 22.9 Å². The molecule has 1 aromatic rings. The molecule has 4 nitrogen and oxygen atoms in total. The molecule has 94 valence electrons. The van der Waals surface area contributed by atoms with Crippen molar-refractivity contribution < 1.29 is 9.59 Å². The monoisotopic (exact) mass is 282 g/mol. The molecule has 0 fully saturated rings. The van der Waals surface area contributed by atoms with Crippen molar-refractivity contribution in [3.8, 4) is 0 Å². The van der Waals surface area contributed by atoms with Gasteiger partial charge in [0.25, 0.3) is 5.91 Å². The Morgan fingerprint density at radius 2 is 2.33 bits per heavy atom. The Kier molecular flexibility index (Phi) is 3.93. The maximum Gasteiger partial charge on any atom is 0.269 e. The highest BCUT2D eigenvalue weighted by Crippen LogP contribution is 2.22. The van der Waals surface area contributed by atoms with E-state index in [1.165, 1.54) is 23.6 Å². The van der Waals surface area contributed by atoms with Crippen molar-refractivity contribution >= 4 is 41.0 Å². The smallest absolute Gasteiger partial charge is 0.269 e. The highest BCUT2D eigenvalue weighted by molar-refractivity contribution is 7.16. The lowest BCUT2D eigenvalue weighted by molar-refractivity contribution is -0.131. The highest BCUT2D eigenvalue weighted by atomic mass is 35.5. The molecule has 0 bridgehead atoms. The van der Waals surface area contributed by atoms with Gasteiger partial charge in [0.15, 0.2) is 0 Å². The molecule has 0 aromatic carbocycles. The largest absolute Gasteiger partial charge is 0.340 e. The molecule has 0 spiro atoms. The maximum atomic E-state index is 12.1. The first-order valence-corrected chi connectivity index (χ1v) is 6.51. The highest BCUT2D eigenvalue weighted by Gasteiger charge is 2.20. The number of halogens is 1. The SMILES string of the molecule is CN(Cc1ccc(Cl)s1)C(=O)C1C=CC(=O)N=C1. The number of rotatable bonds is 3. The summed E-state index contributed by atoms with van der Waals surface area (Å²) >= 11 is 7.28. The summed E-state index contributed by atoms with van der Waals surface area (Å²) in [5.41, 5.74) is 0. The van der Waals surface area contributed by atoms with E-state index in [1.54, 1.807) is 24.1 Å². The van der Waals surface area contributed by atoms with Gasteiger partial charge in [0.05, 0.1) is 16.8 Å². The Morgan fingerprint density at radius 3 is 2.89 bits per heavy atom. The summed E-state index contributed by atoms with van der Waals surface area (Å²) in [5, 5.41) is 0. The van der Waals surface area contributed by atoms with Crippen LogP contribution in [0, 0.1) is 5.92 Å². The molecular weight excluding hydrogens is 272 g/mol. The van der Waals surface area contributed by atoms with Crippen molar-refractivity contribution in [3.63, 3.8) is 0 Å².